The predicted molar refractivity (Wildman–Crippen MR) is 53.5 cm³/mol. The fourth-order valence-corrected chi connectivity index (χ4v) is 1.11. The van der Waals surface area contributed by atoms with E-state index in [0.29, 0.717) is 11.0 Å². The van der Waals surface area contributed by atoms with Gasteiger partial charge in [0.25, 0.3) is 0 Å². The minimum Gasteiger partial charge on any atom is -0.480 e. The smallest absolute Gasteiger partial charge is 0.322 e. The molecule has 0 saturated heterocycles. The van der Waals surface area contributed by atoms with E-state index < -0.39 is 5.97 Å². The largest absolute Gasteiger partial charge is 0.480 e. The first-order valence-electron chi connectivity index (χ1n) is 4.31. The van der Waals surface area contributed by atoms with E-state index in [4.69, 9.17) is 5.11 Å². The highest BCUT2D eigenvalue weighted by Crippen LogP contribution is 2.08. The van der Waals surface area contributed by atoms with Gasteiger partial charge in [0.15, 0.2) is 0 Å². The Morgan fingerprint density at radius 1 is 1.27 bits per heavy atom. The Hall–Kier alpha value is -2.24. The van der Waals surface area contributed by atoms with Gasteiger partial charge in [0.1, 0.15) is 12.1 Å². The van der Waals surface area contributed by atoms with Crippen LogP contribution in [0.1, 0.15) is 0 Å². The molecule has 0 unspecified atom stereocenters. The molecule has 0 aliphatic carbocycles. The van der Waals surface area contributed by atoms with Gasteiger partial charge in [0.05, 0.1) is 5.52 Å². The van der Waals surface area contributed by atoms with Gasteiger partial charge in [-0.3, -0.25) is 4.79 Å². The van der Waals surface area contributed by atoms with Gasteiger partial charge in [-0.15, -0.1) is 10.2 Å². The van der Waals surface area contributed by atoms with Gasteiger partial charge >= 0.3 is 5.97 Å². The summed E-state index contributed by atoms with van der Waals surface area (Å²) in [5, 5.41) is 18.6. The molecule has 15 heavy (non-hydrogen) atoms. The molecule has 2 rings (SSSR count). The van der Waals surface area contributed by atoms with Crippen LogP contribution < -0.4 is 5.32 Å². The molecule has 0 aliphatic heterocycles. The molecule has 76 valence electrons. The van der Waals surface area contributed by atoms with Crippen LogP contribution in [0.3, 0.4) is 0 Å². The second-order valence-electron chi connectivity index (χ2n) is 2.87. The number of hydrogen-bond acceptors (Lipinski definition) is 5. The van der Waals surface area contributed by atoms with Crippen molar-refractivity contribution in [1.82, 2.24) is 15.2 Å². The van der Waals surface area contributed by atoms with Crippen LogP contribution in [0.5, 0.6) is 0 Å². The lowest BCUT2D eigenvalue weighted by Crippen LogP contribution is -2.14. The van der Waals surface area contributed by atoms with Crippen LogP contribution in [0, 0.1) is 0 Å². The van der Waals surface area contributed by atoms with Gasteiger partial charge in [-0.2, -0.15) is 0 Å². The minimum atomic E-state index is -0.966. The van der Waals surface area contributed by atoms with E-state index in [0.717, 1.165) is 0 Å². The van der Waals surface area contributed by atoms with Crippen LogP contribution in [0.25, 0.3) is 11.0 Å². The maximum atomic E-state index is 10.3. The lowest BCUT2D eigenvalue weighted by Gasteiger charge is -2.01. The zero-order valence-electron chi connectivity index (χ0n) is 7.71. The lowest BCUT2D eigenvalue weighted by molar-refractivity contribution is -0.134. The number of para-hydroxylation sites is 1. The first-order valence-corrected chi connectivity index (χ1v) is 4.31. The molecule has 1 aromatic carbocycles. The molecule has 0 saturated carbocycles. The van der Waals surface area contributed by atoms with Crippen LogP contribution in [0.15, 0.2) is 24.3 Å². The van der Waals surface area contributed by atoms with Gasteiger partial charge in [-0.25, -0.2) is 4.98 Å². The highest BCUT2D eigenvalue weighted by atomic mass is 16.4. The first-order chi connectivity index (χ1) is 7.25. The normalized spacial score (nSPS) is 10.1. The molecule has 6 heteroatoms. The SMILES string of the molecule is O=C(O)CNc1nnc2ccccc2n1. The molecule has 2 aromatic rings. The Bertz CT molecular complexity index is 500. The third kappa shape index (κ3) is 2.16. The molecular weight excluding hydrogens is 196 g/mol. The molecule has 0 spiro atoms. The Morgan fingerprint density at radius 2 is 2.00 bits per heavy atom. The number of carbonyl (C=O) groups is 1. The highest BCUT2D eigenvalue weighted by molar-refractivity contribution is 5.75. The first kappa shape index (κ1) is 9.32. The Kier molecular flexibility index (Phi) is 2.40. The third-order valence-electron chi connectivity index (χ3n) is 1.76. The number of fused-ring (bicyclic) bond motifs is 1. The average Bonchev–Trinajstić information content (AvgIpc) is 2.26. The maximum Gasteiger partial charge on any atom is 0.322 e. The molecule has 0 aliphatic rings. The van der Waals surface area contributed by atoms with Gasteiger partial charge in [0, 0.05) is 0 Å². The molecule has 6 nitrogen and oxygen atoms in total. The van der Waals surface area contributed by atoms with Crippen molar-refractivity contribution in [1.29, 1.82) is 0 Å². The van der Waals surface area contributed by atoms with E-state index in [1.807, 2.05) is 12.1 Å². The highest BCUT2D eigenvalue weighted by Gasteiger charge is 2.01. The van der Waals surface area contributed by atoms with E-state index in [9.17, 15) is 4.79 Å². The van der Waals surface area contributed by atoms with Crippen LogP contribution in [-0.4, -0.2) is 32.8 Å². The number of anilines is 1. The van der Waals surface area contributed by atoms with Crippen molar-refractivity contribution >= 4 is 23.0 Å². The topological polar surface area (TPSA) is 88.0 Å². The van der Waals surface area contributed by atoms with Crippen molar-refractivity contribution in [2.75, 3.05) is 11.9 Å². The van der Waals surface area contributed by atoms with Gasteiger partial charge in [-0.05, 0) is 12.1 Å². The van der Waals surface area contributed by atoms with E-state index >= 15 is 0 Å². The van der Waals surface area contributed by atoms with Crippen molar-refractivity contribution < 1.29 is 9.90 Å². The standard InChI is InChI=1S/C9H8N4O2/c14-8(15)5-10-9-11-6-3-1-2-4-7(6)12-13-9/h1-4H,5H2,(H,14,15)(H,10,11,13). The Labute approximate surface area is 85.0 Å². The van der Waals surface area contributed by atoms with Gasteiger partial charge < -0.3 is 10.4 Å². The summed E-state index contributed by atoms with van der Waals surface area (Å²) in [5.74, 6) is -0.747. The fourth-order valence-electron chi connectivity index (χ4n) is 1.11. The molecule has 2 N–H and O–H groups in total. The quantitative estimate of drug-likeness (QED) is 0.757. The molecule has 0 amide bonds. The number of hydrogen-bond donors (Lipinski definition) is 2. The monoisotopic (exact) mass is 204 g/mol. The summed E-state index contributed by atoms with van der Waals surface area (Å²) < 4.78 is 0. The van der Waals surface area contributed by atoms with Crippen molar-refractivity contribution in [3.05, 3.63) is 24.3 Å². The number of benzene rings is 1. The summed E-state index contributed by atoms with van der Waals surface area (Å²) in [4.78, 5) is 14.4. The summed E-state index contributed by atoms with van der Waals surface area (Å²) in [6.07, 6.45) is 0. The van der Waals surface area contributed by atoms with Crippen molar-refractivity contribution in [2.45, 2.75) is 0 Å². The van der Waals surface area contributed by atoms with E-state index in [2.05, 4.69) is 20.5 Å². The van der Waals surface area contributed by atoms with Crippen LogP contribution in [0.2, 0.25) is 0 Å². The summed E-state index contributed by atoms with van der Waals surface area (Å²) in [6, 6.07) is 7.24. The van der Waals surface area contributed by atoms with Gasteiger partial charge in [-0.1, -0.05) is 12.1 Å². The summed E-state index contributed by atoms with van der Waals surface area (Å²) in [5.41, 5.74) is 1.36. The zero-order valence-corrected chi connectivity index (χ0v) is 7.71. The van der Waals surface area contributed by atoms with Crippen molar-refractivity contribution in [3.8, 4) is 0 Å². The van der Waals surface area contributed by atoms with Gasteiger partial charge in [0.2, 0.25) is 5.95 Å². The van der Waals surface area contributed by atoms with Crippen LogP contribution >= 0.6 is 0 Å². The van der Waals surface area contributed by atoms with E-state index in [1.165, 1.54) is 0 Å². The van der Waals surface area contributed by atoms with Crippen LogP contribution in [0.4, 0.5) is 5.95 Å². The Morgan fingerprint density at radius 3 is 2.73 bits per heavy atom. The number of carboxylic acids is 1. The molecule has 1 heterocycles. The second kappa shape index (κ2) is 3.87. The summed E-state index contributed by atoms with van der Waals surface area (Å²) in [6.45, 7) is -0.222. The van der Waals surface area contributed by atoms with E-state index in [-0.39, 0.29) is 12.5 Å². The number of aromatic nitrogens is 3. The molecule has 0 fully saturated rings. The maximum absolute atomic E-state index is 10.3. The Balaban J connectivity index is 2.26. The molecular formula is C9H8N4O2. The van der Waals surface area contributed by atoms with Crippen molar-refractivity contribution in [2.24, 2.45) is 0 Å². The fraction of sp³-hybridized carbons (Fsp3) is 0.111. The lowest BCUT2D eigenvalue weighted by atomic mass is 10.3. The number of carboxylic acid groups (broad SMARTS) is 1. The van der Waals surface area contributed by atoms with E-state index in [1.54, 1.807) is 12.1 Å². The molecule has 0 atom stereocenters. The molecule has 1 aromatic heterocycles. The number of nitrogens with one attached hydrogen (secondary N) is 1. The second-order valence-corrected chi connectivity index (χ2v) is 2.87. The summed E-state index contributed by atoms with van der Waals surface area (Å²) in [7, 11) is 0. The van der Waals surface area contributed by atoms with Crippen LogP contribution in [-0.2, 0) is 4.79 Å². The summed E-state index contributed by atoms with van der Waals surface area (Å²) >= 11 is 0. The third-order valence-corrected chi connectivity index (χ3v) is 1.76. The number of nitrogens with zero attached hydrogens (tertiary/aromatic N) is 3. The molecule has 0 radical (unpaired) electrons. The van der Waals surface area contributed by atoms with Crippen molar-refractivity contribution in [3.63, 3.8) is 0 Å². The molecule has 0 bridgehead atoms. The minimum absolute atomic E-state index is 0.219. The number of aliphatic carboxylic acids is 1. The zero-order chi connectivity index (χ0) is 10.7. The number of rotatable bonds is 3. The predicted octanol–water partition coefficient (Wildman–Crippen LogP) is 0.521. The average molecular weight is 204 g/mol.